The van der Waals surface area contributed by atoms with Gasteiger partial charge in [0.05, 0.1) is 36.5 Å². The molecule has 0 saturated carbocycles. The smallest absolute Gasteiger partial charge is 0.268 e. The van der Waals surface area contributed by atoms with Gasteiger partial charge in [-0.1, -0.05) is 24.3 Å². The summed E-state index contributed by atoms with van der Waals surface area (Å²) in [6.07, 6.45) is 4.41. The molecule has 5 rings (SSSR count). The van der Waals surface area contributed by atoms with E-state index in [-0.39, 0.29) is 0 Å². The second-order valence-corrected chi connectivity index (χ2v) is 9.04. The maximum atomic E-state index is 13.7. The Balaban J connectivity index is 1.36. The first-order valence-corrected chi connectivity index (χ1v) is 11.6. The lowest BCUT2D eigenvalue weighted by Gasteiger charge is -2.19. The largest absolute Gasteiger partial charge is 0.464 e. The second-order valence-electron chi connectivity index (χ2n) is 9.04. The number of carbonyl (C=O) groups is 2. The summed E-state index contributed by atoms with van der Waals surface area (Å²) in [5.41, 5.74) is 4.51. The lowest BCUT2D eigenvalue weighted by Crippen LogP contribution is -2.43. The van der Waals surface area contributed by atoms with Gasteiger partial charge in [0, 0.05) is 23.4 Å². The first-order valence-electron chi connectivity index (χ1n) is 11.6. The number of aromatic nitrogens is 1. The Morgan fingerprint density at radius 3 is 2.89 bits per heavy atom. The van der Waals surface area contributed by atoms with Gasteiger partial charge in [0.1, 0.15) is 11.6 Å². The van der Waals surface area contributed by atoms with Crippen molar-refractivity contribution in [2.75, 3.05) is 13.1 Å². The Morgan fingerprint density at radius 2 is 2.08 bits per heavy atom. The number of rotatable bonds is 5. The molecule has 1 aliphatic heterocycles. The van der Waals surface area contributed by atoms with Gasteiger partial charge in [-0.15, -0.1) is 0 Å². The summed E-state index contributed by atoms with van der Waals surface area (Å²) in [6.45, 7) is 0.651. The van der Waals surface area contributed by atoms with Gasteiger partial charge >= 0.3 is 0 Å². The number of furan rings is 1. The molecule has 9 heteroatoms. The summed E-state index contributed by atoms with van der Waals surface area (Å²) in [5, 5.41) is 13.2. The van der Waals surface area contributed by atoms with Crippen LogP contribution in [-0.2, 0) is 4.79 Å². The minimum atomic E-state index is -3.12. The zero-order valence-electron chi connectivity index (χ0n) is 19.9. The Kier molecular flexibility index (Phi) is 6.17. The summed E-state index contributed by atoms with van der Waals surface area (Å²) in [7, 11) is 0. The third kappa shape index (κ3) is 4.91. The van der Waals surface area contributed by atoms with E-state index < -0.39 is 43.3 Å². The number of nitrogens with one attached hydrogen (secondary N) is 1. The van der Waals surface area contributed by atoms with Crippen LogP contribution in [0.5, 0.6) is 0 Å². The van der Waals surface area contributed by atoms with Crippen LogP contribution < -0.4 is 5.32 Å². The molecule has 0 bridgehead atoms. The van der Waals surface area contributed by atoms with E-state index in [1.165, 1.54) is 12.3 Å². The molecule has 1 aliphatic rings. The number of halogens is 2. The van der Waals surface area contributed by atoms with Crippen LogP contribution in [0.15, 0.2) is 65.4 Å². The molecule has 2 aromatic heterocycles. The molecule has 3 heterocycles. The van der Waals surface area contributed by atoms with E-state index in [0.29, 0.717) is 16.5 Å². The van der Waals surface area contributed by atoms with E-state index in [4.69, 9.17) is 9.68 Å². The standard InChI is InChI=1S/C28H22F2N4O3/c1-17(20-4-3-19-7-9-37-25(19)12-20)10-18-2-5-24-23(11-18)22(6-8-32-24)27(36)33-15-26(35)34-16-28(29,30)13-21(34)14-31/h2-12,21H,13,15-16H2,1H3,(H,33,36)/b17-10+. The molecule has 2 aromatic carbocycles. The molecular weight excluding hydrogens is 478 g/mol. The van der Waals surface area contributed by atoms with Crippen molar-refractivity contribution in [2.45, 2.75) is 25.3 Å². The molecule has 1 unspecified atom stereocenters. The molecule has 4 aromatic rings. The number of benzene rings is 2. The van der Waals surface area contributed by atoms with E-state index in [1.54, 1.807) is 18.4 Å². The van der Waals surface area contributed by atoms with Gasteiger partial charge < -0.3 is 14.6 Å². The number of likely N-dealkylation sites (tertiary alicyclic amines) is 1. The minimum Gasteiger partial charge on any atom is -0.464 e. The number of nitrogens with zero attached hydrogens (tertiary/aromatic N) is 3. The molecule has 0 spiro atoms. The maximum Gasteiger partial charge on any atom is 0.268 e. The summed E-state index contributed by atoms with van der Waals surface area (Å²) < 4.78 is 32.8. The Labute approximate surface area is 211 Å². The van der Waals surface area contributed by atoms with Crippen molar-refractivity contribution in [3.63, 3.8) is 0 Å². The molecule has 1 atom stereocenters. The fraction of sp³-hybridized carbons (Fsp3) is 0.214. The minimum absolute atomic E-state index is 0.297. The molecule has 1 fully saturated rings. The van der Waals surface area contributed by atoms with Gasteiger partial charge in [-0.25, -0.2) is 8.78 Å². The van der Waals surface area contributed by atoms with Gasteiger partial charge in [0.15, 0.2) is 0 Å². The number of pyridine rings is 1. The van der Waals surface area contributed by atoms with Gasteiger partial charge in [-0.2, -0.15) is 5.26 Å². The van der Waals surface area contributed by atoms with Crippen LogP contribution in [0.2, 0.25) is 0 Å². The van der Waals surface area contributed by atoms with Gasteiger partial charge in [-0.3, -0.25) is 14.6 Å². The van der Waals surface area contributed by atoms with E-state index in [0.717, 1.165) is 32.6 Å². The highest BCUT2D eigenvalue weighted by Crippen LogP contribution is 2.31. The highest BCUT2D eigenvalue weighted by Gasteiger charge is 2.47. The molecule has 0 radical (unpaired) electrons. The van der Waals surface area contributed by atoms with Gasteiger partial charge in [0.25, 0.3) is 11.8 Å². The molecule has 2 amide bonds. The predicted molar refractivity (Wildman–Crippen MR) is 135 cm³/mol. The van der Waals surface area contributed by atoms with Crippen molar-refractivity contribution in [1.29, 1.82) is 5.26 Å². The maximum absolute atomic E-state index is 13.7. The zero-order valence-corrected chi connectivity index (χ0v) is 19.9. The van der Waals surface area contributed by atoms with Crippen molar-refractivity contribution in [2.24, 2.45) is 0 Å². The van der Waals surface area contributed by atoms with Crippen molar-refractivity contribution in [3.8, 4) is 6.07 Å². The van der Waals surface area contributed by atoms with Crippen LogP contribution in [0.1, 0.15) is 34.8 Å². The van der Waals surface area contributed by atoms with E-state index in [9.17, 15) is 18.4 Å². The Bertz CT molecular complexity index is 1600. The summed E-state index contributed by atoms with van der Waals surface area (Å²) in [4.78, 5) is 30.6. The number of fused-ring (bicyclic) bond motifs is 2. The molecule has 1 N–H and O–H groups in total. The predicted octanol–water partition coefficient (Wildman–Crippen LogP) is 5.03. The van der Waals surface area contributed by atoms with E-state index in [2.05, 4.69) is 10.3 Å². The summed E-state index contributed by atoms with van der Waals surface area (Å²) in [5.74, 6) is -4.39. The number of carbonyl (C=O) groups excluding carboxylic acids is 2. The number of amides is 2. The van der Waals surface area contributed by atoms with Crippen LogP contribution in [0.3, 0.4) is 0 Å². The van der Waals surface area contributed by atoms with Gasteiger partial charge in [0.2, 0.25) is 5.91 Å². The quantitative estimate of drug-likeness (QED) is 0.388. The summed E-state index contributed by atoms with van der Waals surface area (Å²) >= 11 is 0. The van der Waals surface area contributed by atoms with Crippen molar-refractivity contribution < 1.29 is 22.8 Å². The van der Waals surface area contributed by atoms with Gasteiger partial charge in [-0.05, 0) is 54.0 Å². The topological polar surface area (TPSA) is 99.2 Å². The molecule has 186 valence electrons. The number of allylic oxidation sites excluding steroid dienone is 1. The Hall–Kier alpha value is -4.58. The van der Waals surface area contributed by atoms with Crippen LogP contribution in [0, 0.1) is 11.3 Å². The van der Waals surface area contributed by atoms with E-state index >= 15 is 0 Å². The van der Waals surface area contributed by atoms with Crippen LogP contribution in [0.25, 0.3) is 33.5 Å². The van der Waals surface area contributed by atoms with E-state index in [1.807, 2.05) is 49.4 Å². The van der Waals surface area contributed by atoms with Crippen molar-refractivity contribution in [1.82, 2.24) is 15.2 Å². The van der Waals surface area contributed by atoms with Crippen LogP contribution in [-0.4, -0.2) is 46.8 Å². The van der Waals surface area contributed by atoms with Crippen molar-refractivity contribution in [3.05, 3.63) is 77.7 Å². The lowest BCUT2D eigenvalue weighted by atomic mass is 10.0. The first-order chi connectivity index (χ1) is 17.7. The monoisotopic (exact) mass is 500 g/mol. The highest BCUT2D eigenvalue weighted by molar-refractivity contribution is 6.07. The number of hydrogen-bond donors (Lipinski definition) is 1. The van der Waals surface area contributed by atoms with Crippen LogP contribution >= 0.6 is 0 Å². The third-order valence-corrected chi connectivity index (χ3v) is 6.44. The first kappa shape index (κ1) is 24.1. The summed E-state index contributed by atoms with van der Waals surface area (Å²) in [6, 6.07) is 15.4. The number of nitriles is 1. The third-order valence-electron chi connectivity index (χ3n) is 6.44. The lowest BCUT2D eigenvalue weighted by molar-refractivity contribution is -0.131. The fourth-order valence-electron chi connectivity index (χ4n) is 4.53. The highest BCUT2D eigenvalue weighted by atomic mass is 19.3. The molecule has 1 saturated heterocycles. The molecule has 37 heavy (non-hydrogen) atoms. The van der Waals surface area contributed by atoms with Crippen molar-refractivity contribution >= 4 is 45.3 Å². The van der Waals surface area contributed by atoms with Crippen LogP contribution in [0.4, 0.5) is 8.78 Å². The average Bonchev–Trinajstić information content (AvgIpc) is 3.49. The SMILES string of the molecule is C/C(=C\c1ccc2nccc(C(=O)NCC(=O)N3CC(F)(F)CC3C#N)c2c1)c1ccc2ccoc2c1. The Morgan fingerprint density at radius 1 is 1.24 bits per heavy atom. The molecular formula is C28H22F2N4O3. The second kappa shape index (κ2) is 9.47. The fourth-order valence-corrected chi connectivity index (χ4v) is 4.53. The molecule has 0 aliphatic carbocycles. The number of hydrogen-bond acceptors (Lipinski definition) is 5. The number of alkyl halides is 2. The molecule has 7 nitrogen and oxygen atoms in total. The zero-order chi connectivity index (χ0) is 26.2. The average molecular weight is 501 g/mol. The normalized spacial score (nSPS) is 17.2.